The average Bonchev–Trinajstić information content (AvgIpc) is 2.61. The molecule has 0 radical (unpaired) electrons. The number of rotatable bonds is 3. The lowest BCUT2D eigenvalue weighted by Gasteiger charge is -2.52. The highest BCUT2D eigenvalue weighted by Crippen LogP contribution is 2.36. The van der Waals surface area contributed by atoms with Gasteiger partial charge in [0, 0.05) is 31.4 Å². The predicted molar refractivity (Wildman–Crippen MR) is 87.0 cm³/mol. The molecule has 4 heterocycles. The van der Waals surface area contributed by atoms with Crippen LogP contribution in [-0.4, -0.2) is 62.1 Å². The van der Waals surface area contributed by atoms with Crippen molar-refractivity contribution in [3.63, 3.8) is 0 Å². The Balaban J connectivity index is 1.36. The summed E-state index contributed by atoms with van der Waals surface area (Å²) in [5.74, 6) is 0.408. The molecule has 2 saturated heterocycles. The highest BCUT2D eigenvalue weighted by atomic mass is 16.5. The lowest BCUT2D eigenvalue weighted by atomic mass is 9.84. The Morgan fingerprint density at radius 1 is 1.24 bits per heavy atom. The van der Waals surface area contributed by atoms with E-state index in [1.807, 2.05) is 6.92 Å². The van der Waals surface area contributed by atoms with E-state index in [0.29, 0.717) is 31.3 Å². The molecule has 2 fully saturated rings. The second-order valence-corrected chi connectivity index (χ2v) is 6.51. The lowest BCUT2D eigenvalue weighted by molar-refractivity contribution is -0.174. The van der Waals surface area contributed by atoms with Gasteiger partial charge in [-0.15, -0.1) is 0 Å². The van der Waals surface area contributed by atoms with Crippen LogP contribution in [0.15, 0.2) is 31.0 Å². The summed E-state index contributed by atoms with van der Waals surface area (Å²) < 4.78 is 11.9. The van der Waals surface area contributed by atoms with E-state index in [1.54, 1.807) is 29.7 Å². The van der Waals surface area contributed by atoms with Gasteiger partial charge in [-0.25, -0.2) is 9.97 Å². The molecule has 0 bridgehead atoms. The van der Waals surface area contributed by atoms with Crippen LogP contribution in [0.3, 0.4) is 0 Å². The zero-order chi connectivity index (χ0) is 17.3. The quantitative estimate of drug-likeness (QED) is 0.823. The zero-order valence-corrected chi connectivity index (χ0v) is 14.0. The smallest absolute Gasteiger partial charge is 0.274 e. The van der Waals surface area contributed by atoms with Crippen molar-refractivity contribution in [3.8, 4) is 5.88 Å². The first kappa shape index (κ1) is 15.9. The second-order valence-electron chi connectivity index (χ2n) is 6.51. The van der Waals surface area contributed by atoms with Gasteiger partial charge in [-0.2, -0.15) is 0 Å². The molecule has 130 valence electrons. The van der Waals surface area contributed by atoms with Crippen LogP contribution in [0, 0.1) is 6.92 Å². The number of nitrogens with zero attached hydrogens (tertiary/aromatic N) is 5. The summed E-state index contributed by atoms with van der Waals surface area (Å²) in [7, 11) is 0. The van der Waals surface area contributed by atoms with Crippen LogP contribution < -0.4 is 4.74 Å². The van der Waals surface area contributed by atoms with Crippen molar-refractivity contribution in [1.82, 2.24) is 24.8 Å². The summed E-state index contributed by atoms with van der Waals surface area (Å²) in [4.78, 5) is 30.6. The van der Waals surface area contributed by atoms with Gasteiger partial charge in [0.15, 0.2) is 0 Å². The van der Waals surface area contributed by atoms with Crippen LogP contribution in [0.4, 0.5) is 0 Å². The molecular weight excluding hydrogens is 322 g/mol. The largest absolute Gasteiger partial charge is 0.473 e. The van der Waals surface area contributed by atoms with Gasteiger partial charge in [0.05, 0.1) is 37.8 Å². The number of carbonyl (C=O) groups is 1. The van der Waals surface area contributed by atoms with E-state index >= 15 is 0 Å². The SMILES string of the molecule is Cc1cnc(C(=O)N2CC3(CC(Oc4cnccn4)CCO3)C2)cn1. The fourth-order valence-electron chi connectivity index (χ4n) is 3.28. The van der Waals surface area contributed by atoms with Gasteiger partial charge >= 0.3 is 0 Å². The Morgan fingerprint density at radius 3 is 2.84 bits per heavy atom. The monoisotopic (exact) mass is 341 g/mol. The van der Waals surface area contributed by atoms with E-state index in [9.17, 15) is 4.79 Å². The van der Waals surface area contributed by atoms with Crippen LogP contribution in [0.5, 0.6) is 5.88 Å². The Bertz CT molecular complexity index is 747. The minimum Gasteiger partial charge on any atom is -0.473 e. The molecule has 1 spiro atoms. The highest BCUT2D eigenvalue weighted by Gasteiger charge is 2.50. The molecule has 8 heteroatoms. The molecule has 2 aromatic heterocycles. The van der Waals surface area contributed by atoms with Crippen LogP contribution in [0.2, 0.25) is 0 Å². The molecule has 0 N–H and O–H groups in total. The molecule has 0 saturated carbocycles. The molecule has 1 amide bonds. The van der Waals surface area contributed by atoms with E-state index in [2.05, 4.69) is 19.9 Å². The summed E-state index contributed by atoms with van der Waals surface area (Å²) in [5, 5.41) is 0. The summed E-state index contributed by atoms with van der Waals surface area (Å²) in [5.41, 5.74) is 0.818. The Labute approximate surface area is 145 Å². The predicted octanol–water partition coefficient (Wildman–Crippen LogP) is 1.03. The number of hydrogen-bond donors (Lipinski definition) is 0. The summed E-state index contributed by atoms with van der Waals surface area (Å²) in [6.07, 6.45) is 9.49. The first-order valence-corrected chi connectivity index (χ1v) is 8.28. The Morgan fingerprint density at radius 2 is 2.12 bits per heavy atom. The van der Waals surface area contributed by atoms with Crippen molar-refractivity contribution in [2.45, 2.75) is 31.5 Å². The van der Waals surface area contributed by atoms with E-state index in [-0.39, 0.29) is 17.6 Å². The molecule has 2 aromatic rings. The number of hydrogen-bond acceptors (Lipinski definition) is 7. The van der Waals surface area contributed by atoms with Gasteiger partial charge in [0.25, 0.3) is 5.91 Å². The van der Waals surface area contributed by atoms with Gasteiger partial charge in [-0.05, 0) is 6.92 Å². The summed E-state index contributed by atoms with van der Waals surface area (Å²) in [6, 6.07) is 0. The van der Waals surface area contributed by atoms with Crippen LogP contribution in [0.1, 0.15) is 29.0 Å². The van der Waals surface area contributed by atoms with E-state index in [0.717, 1.165) is 18.5 Å². The minimum absolute atomic E-state index is 0.0156. The molecule has 8 nitrogen and oxygen atoms in total. The summed E-state index contributed by atoms with van der Waals surface area (Å²) >= 11 is 0. The van der Waals surface area contributed by atoms with Gasteiger partial charge in [-0.3, -0.25) is 14.8 Å². The van der Waals surface area contributed by atoms with Crippen molar-refractivity contribution in [3.05, 3.63) is 42.4 Å². The second kappa shape index (κ2) is 6.36. The zero-order valence-electron chi connectivity index (χ0n) is 14.0. The minimum atomic E-state index is -0.334. The first-order chi connectivity index (χ1) is 12.1. The molecule has 0 aromatic carbocycles. The fraction of sp³-hybridized carbons (Fsp3) is 0.471. The van der Waals surface area contributed by atoms with Crippen LogP contribution >= 0.6 is 0 Å². The fourth-order valence-corrected chi connectivity index (χ4v) is 3.28. The van der Waals surface area contributed by atoms with Crippen LogP contribution in [0.25, 0.3) is 0 Å². The molecule has 2 aliphatic heterocycles. The van der Waals surface area contributed by atoms with Gasteiger partial charge in [-0.1, -0.05) is 0 Å². The van der Waals surface area contributed by atoms with Crippen molar-refractivity contribution in [1.29, 1.82) is 0 Å². The third-order valence-electron chi connectivity index (χ3n) is 4.52. The molecule has 25 heavy (non-hydrogen) atoms. The maximum Gasteiger partial charge on any atom is 0.274 e. The average molecular weight is 341 g/mol. The molecule has 2 aliphatic rings. The lowest BCUT2D eigenvalue weighted by Crippen LogP contribution is -2.67. The summed E-state index contributed by atoms with van der Waals surface area (Å²) in [6.45, 7) is 3.54. The third-order valence-corrected chi connectivity index (χ3v) is 4.52. The Kier molecular flexibility index (Phi) is 4.04. The van der Waals surface area contributed by atoms with Crippen molar-refractivity contribution < 1.29 is 14.3 Å². The van der Waals surface area contributed by atoms with E-state index in [1.165, 1.54) is 6.20 Å². The Hall–Kier alpha value is -2.61. The molecule has 4 rings (SSSR count). The van der Waals surface area contributed by atoms with Crippen molar-refractivity contribution >= 4 is 5.91 Å². The van der Waals surface area contributed by atoms with Gasteiger partial charge in [0.1, 0.15) is 17.4 Å². The van der Waals surface area contributed by atoms with E-state index < -0.39 is 0 Å². The standard InChI is InChI=1S/C17H19N5O3/c1-12-7-21-14(8-20-12)16(23)22-10-17(11-22)6-13(2-5-24-17)25-15-9-18-3-4-19-15/h3-4,7-9,13H,2,5-6,10-11H2,1H3. The van der Waals surface area contributed by atoms with Crippen molar-refractivity contribution in [2.24, 2.45) is 0 Å². The maximum atomic E-state index is 12.5. The molecular formula is C17H19N5O3. The number of aromatic nitrogens is 4. The van der Waals surface area contributed by atoms with Crippen molar-refractivity contribution in [2.75, 3.05) is 19.7 Å². The van der Waals surface area contributed by atoms with E-state index in [4.69, 9.17) is 9.47 Å². The number of aryl methyl sites for hydroxylation is 1. The number of likely N-dealkylation sites (tertiary alicyclic amines) is 1. The number of ether oxygens (including phenoxy) is 2. The normalized spacial score (nSPS) is 21.6. The maximum absolute atomic E-state index is 12.5. The highest BCUT2D eigenvalue weighted by molar-refractivity contribution is 5.92. The molecule has 0 aliphatic carbocycles. The van der Waals surface area contributed by atoms with Crippen LogP contribution in [-0.2, 0) is 4.74 Å². The van der Waals surface area contributed by atoms with Gasteiger partial charge < -0.3 is 14.4 Å². The number of carbonyl (C=O) groups excluding carboxylic acids is 1. The molecule has 1 unspecified atom stereocenters. The first-order valence-electron chi connectivity index (χ1n) is 8.28. The number of amides is 1. The molecule has 1 atom stereocenters. The third kappa shape index (κ3) is 3.30. The topological polar surface area (TPSA) is 90.3 Å². The van der Waals surface area contributed by atoms with Gasteiger partial charge in [0.2, 0.25) is 5.88 Å².